The molecular weight excluding hydrogens is 140 g/mol. The second kappa shape index (κ2) is 2.76. The standard InChI is InChI=1S/C9H14O2/c1-2-6-10-7-4-3-5-8-9(7)11-8/h8H,2-6H2,1H3. The summed E-state index contributed by atoms with van der Waals surface area (Å²) >= 11 is 0. The summed E-state index contributed by atoms with van der Waals surface area (Å²) in [5.74, 6) is 2.27. The molecule has 0 spiro atoms. The Hall–Kier alpha value is -0.660. The highest BCUT2D eigenvalue weighted by Gasteiger charge is 2.39. The van der Waals surface area contributed by atoms with Gasteiger partial charge in [-0.2, -0.15) is 0 Å². The summed E-state index contributed by atoms with van der Waals surface area (Å²) in [6.07, 6.45) is 5.05. The van der Waals surface area contributed by atoms with Gasteiger partial charge in [-0.15, -0.1) is 0 Å². The van der Waals surface area contributed by atoms with E-state index in [0.717, 1.165) is 31.0 Å². The lowest BCUT2D eigenvalue weighted by molar-refractivity contribution is 0.195. The average Bonchev–Trinajstić information content (AvgIpc) is 2.79. The number of hydrogen-bond donors (Lipinski definition) is 0. The third kappa shape index (κ3) is 1.35. The Bertz CT molecular complexity index is 184. The summed E-state index contributed by atoms with van der Waals surface area (Å²) in [6, 6.07) is 0. The minimum absolute atomic E-state index is 0.440. The molecule has 1 unspecified atom stereocenters. The van der Waals surface area contributed by atoms with E-state index in [1.807, 2.05) is 0 Å². The van der Waals surface area contributed by atoms with Gasteiger partial charge in [0.15, 0.2) is 11.9 Å². The van der Waals surface area contributed by atoms with E-state index in [9.17, 15) is 0 Å². The van der Waals surface area contributed by atoms with E-state index in [-0.39, 0.29) is 0 Å². The molecule has 0 bridgehead atoms. The number of fused-ring (bicyclic) bond motifs is 1. The fourth-order valence-corrected chi connectivity index (χ4v) is 1.49. The molecule has 11 heavy (non-hydrogen) atoms. The Morgan fingerprint density at radius 3 is 3.36 bits per heavy atom. The maximum Gasteiger partial charge on any atom is 0.175 e. The third-order valence-corrected chi connectivity index (χ3v) is 2.13. The lowest BCUT2D eigenvalue weighted by atomic mass is 10.1. The van der Waals surface area contributed by atoms with Crippen LogP contribution in [-0.4, -0.2) is 12.7 Å². The van der Waals surface area contributed by atoms with Gasteiger partial charge in [0.25, 0.3) is 0 Å². The van der Waals surface area contributed by atoms with Gasteiger partial charge in [-0.05, 0) is 19.3 Å². The number of epoxide rings is 1. The molecule has 1 aliphatic carbocycles. The highest BCUT2D eigenvalue weighted by molar-refractivity contribution is 5.21. The smallest absolute Gasteiger partial charge is 0.175 e. The van der Waals surface area contributed by atoms with Crippen LogP contribution in [0.3, 0.4) is 0 Å². The van der Waals surface area contributed by atoms with E-state index in [1.165, 1.54) is 12.8 Å². The van der Waals surface area contributed by atoms with Gasteiger partial charge in [-0.1, -0.05) is 6.92 Å². The molecular formula is C9H14O2. The molecule has 0 radical (unpaired) electrons. The fourth-order valence-electron chi connectivity index (χ4n) is 1.49. The van der Waals surface area contributed by atoms with E-state index >= 15 is 0 Å². The maximum absolute atomic E-state index is 5.54. The predicted octanol–water partition coefficient (Wildman–Crippen LogP) is 2.21. The van der Waals surface area contributed by atoms with Crippen molar-refractivity contribution in [3.8, 4) is 0 Å². The zero-order chi connectivity index (χ0) is 7.68. The van der Waals surface area contributed by atoms with Crippen LogP contribution in [0.2, 0.25) is 0 Å². The van der Waals surface area contributed by atoms with Gasteiger partial charge < -0.3 is 9.47 Å². The zero-order valence-electron chi connectivity index (χ0n) is 6.93. The highest BCUT2D eigenvalue weighted by atomic mass is 16.6. The summed E-state index contributed by atoms with van der Waals surface area (Å²) in [4.78, 5) is 0. The van der Waals surface area contributed by atoms with Gasteiger partial charge in [0.1, 0.15) is 5.76 Å². The van der Waals surface area contributed by atoms with Gasteiger partial charge in [0, 0.05) is 6.42 Å². The SMILES string of the molecule is CCCOC1=C2OC2CCC1. The Balaban J connectivity index is 1.91. The van der Waals surface area contributed by atoms with E-state index in [4.69, 9.17) is 9.47 Å². The van der Waals surface area contributed by atoms with E-state index in [0.29, 0.717) is 6.10 Å². The summed E-state index contributed by atoms with van der Waals surface area (Å²) in [5, 5.41) is 0. The largest absolute Gasteiger partial charge is 0.494 e. The highest BCUT2D eigenvalue weighted by Crippen LogP contribution is 2.40. The van der Waals surface area contributed by atoms with Crippen LogP contribution in [0.25, 0.3) is 0 Å². The average molecular weight is 154 g/mol. The van der Waals surface area contributed by atoms with Crippen molar-refractivity contribution in [2.75, 3.05) is 6.61 Å². The Morgan fingerprint density at radius 1 is 1.64 bits per heavy atom. The lowest BCUT2D eigenvalue weighted by Gasteiger charge is -2.08. The molecule has 1 saturated heterocycles. The Kier molecular flexibility index (Phi) is 1.76. The molecule has 2 rings (SSSR count). The monoisotopic (exact) mass is 154 g/mol. The minimum atomic E-state index is 0.440. The Labute approximate surface area is 67.2 Å². The van der Waals surface area contributed by atoms with Crippen molar-refractivity contribution in [1.29, 1.82) is 0 Å². The predicted molar refractivity (Wildman–Crippen MR) is 42.0 cm³/mol. The Morgan fingerprint density at radius 2 is 2.55 bits per heavy atom. The lowest BCUT2D eigenvalue weighted by Crippen LogP contribution is -2.00. The quantitative estimate of drug-likeness (QED) is 0.581. The van der Waals surface area contributed by atoms with Crippen LogP contribution >= 0.6 is 0 Å². The molecule has 1 heterocycles. The van der Waals surface area contributed by atoms with Crippen molar-refractivity contribution >= 4 is 0 Å². The fraction of sp³-hybridized carbons (Fsp3) is 0.778. The second-order valence-electron chi connectivity index (χ2n) is 3.13. The molecule has 0 N–H and O–H groups in total. The molecule has 0 saturated carbocycles. The normalized spacial score (nSPS) is 27.5. The molecule has 1 atom stereocenters. The van der Waals surface area contributed by atoms with Gasteiger partial charge in [-0.25, -0.2) is 0 Å². The van der Waals surface area contributed by atoms with Gasteiger partial charge in [0.2, 0.25) is 0 Å². The van der Waals surface area contributed by atoms with Crippen LogP contribution < -0.4 is 0 Å². The van der Waals surface area contributed by atoms with E-state index in [1.54, 1.807) is 0 Å². The van der Waals surface area contributed by atoms with Crippen molar-refractivity contribution in [3.05, 3.63) is 11.5 Å². The summed E-state index contributed by atoms with van der Waals surface area (Å²) < 4.78 is 10.9. The van der Waals surface area contributed by atoms with Crippen LogP contribution in [0, 0.1) is 0 Å². The molecule has 1 aliphatic heterocycles. The summed E-state index contributed by atoms with van der Waals surface area (Å²) in [5.41, 5.74) is 0. The maximum atomic E-state index is 5.54. The van der Waals surface area contributed by atoms with Crippen molar-refractivity contribution in [2.45, 2.75) is 38.7 Å². The van der Waals surface area contributed by atoms with Crippen LogP contribution in [0.15, 0.2) is 11.5 Å². The van der Waals surface area contributed by atoms with Crippen molar-refractivity contribution in [1.82, 2.24) is 0 Å². The number of hydrogen-bond acceptors (Lipinski definition) is 2. The van der Waals surface area contributed by atoms with Crippen molar-refractivity contribution in [2.24, 2.45) is 0 Å². The first-order chi connectivity index (χ1) is 5.42. The number of allylic oxidation sites excluding steroid dienone is 1. The summed E-state index contributed by atoms with van der Waals surface area (Å²) in [6.45, 7) is 2.97. The first-order valence-corrected chi connectivity index (χ1v) is 4.44. The molecule has 62 valence electrons. The van der Waals surface area contributed by atoms with E-state index < -0.39 is 0 Å². The van der Waals surface area contributed by atoms with Gasteiger partial charge in [-0.3, -0.25) is 0 Å². The zero-order valence-corrected chi connectivity index (χ0v) is 6.93. The molecule has 2 heteroatoms. The van der Waals surface area contributed by atoms with Crippen LogP contribution in [0.1, 0.15) is 32.6 Å². The van der Waals surface area contributed by atoms with E-state index in [2.05, 4.69) is 6.92 Å². The third-order valence-electron chi connectivity index (χ3n) is 2.13. The van der Waals surface area contributed by atoms with Crippen LogP contribution in [-0.2, 0) is 9.47 Å². The number of ether oxygens (including phenoxy) is 2. The van der Waals surface area contributed by atoms with Crippen molar-refractivity contribution < 1.29 is 9.47 Å². The van der Waals surface area contributed by atoms with Gasteiger partial charge in [0.05, 0.1) is 6.61 Å². The molecule has 1 fully saturated rings. The molecule has 2 aliphatic rings. The molecule has 0 amide bonds. The minimum Gasteiger partial charge on any atom is -0.494 e. The van der Waals surface area contributed by atoms with Gasteiger partial charge >= 0.3 is 0 Å². The first-order valence-electron chi connectivity index (χ1n) is 4.44. The van der Waals surface area contributed by atoms with Crippen LogP contribution in [0.4, 0.5) is 0 Å². The topological polar surface area (TPSA) is 21.8 Å². The number of rotatable bonds is 3. The van der Waals surface area contributed by atoms with Crippen LogP contribution in [0.5, 0.6) is 0 Å². The first kappa shape index (κ1) is 7.01. The molecule has 2 nitrogen and oxygen atoms in total. The second-order valence-corrected chi connectivity index (χ2v) is 3.13. The molecule has 0 aromatic rings. The molecule has 0 aromatic heterocycles. The molecule has 0 aromatic carbocycles. The van der Waals surface area contributed by atoms with Crippen molar-refractivity contribution in [3.63, 3.8) is 0 Å². The summed E-state index contributed by atoms with van der Waals surface area (Å²) in [7, 11) is 0.